The van der Waals surface area contributed by atoms with Gasteiger partial charge < -0.3 is 10.5 Å². The van der Waals surface area contributed by atoms with E-state index in [4.69, 9.17) is 10.5 Å². The maximum atomic E-state index is 6.08. The summed E-state index contributed by atoms with van der Waals surface area (Å²) in [5, 5.41) is 4.54. The van der Waals surface area contributed by atoms with Gasteiger partial charge in [0.25, 0.3) is 0 Å². The number of ether oxygens (including phenoxy) is 1. The highest BCUT2D eigenvalue weighted by Crippen LogP contribution is 2.29. The summed E-state index contributed by atoms with van der Waals surface area (Å²) >= 11 is 0. The number of benzene rings is 1. The van der Waals surface area contributed by atoms with Gasteiger partial charge in [0.15, 0.2) is 0 Å². The van der Waals surface area contributed by atoms with E-state index in [0.29, 0.717) is 5.82 Å². The van der Waals surface area contributed by atoms with Crippen LogP contribution in [0.4, 0.5) is 5.82 Å². The van der Waals surface area contributed by atoms with Crippen LogP contribution in [0.25, 0.3) is 5.69 Å². The molecule has 0 radical (unpaired) electrons. The first-order valence-corrected chi connectivity index (χ1v) is 7.82. The highest BCUT2D eigenvalue weighted by molar-refractivity contribution is 5.49. The molecule has 1 heterocycles. The second-order valence-electron chi connectivity index (χ2n) is 5.76. The van der Waals surface area contributed by atoms with E-state index in [9.17, 15) is 0 Å². The van der Waals surface area contributed by atoms with Gasteiger partial charge in [0.1, 0.15) is 11.6 Å². The third kappa shape index (κ3) is 2.75. The third-order valence-corrected chi connectivity index (χ3v) is 4.19. The molecule has 0 saturated heterocycles. The van der Waals surface area contributed by atoms with Crippen LogP contribution in [0, 0.1) is 0 Å². The summed E-state index contributed by atoms with van der Waals surface area (Å²) in [6.45, 7) is 4.21. The van der Waals surface area contributed by atoms with Gasteiger partial charge in [-0.25, -0.2) is 4.68 Å². The van der Waals surface area contributed by atoms with Crippen molar-refractivity contribution in [2.75, 3.05) is 5.73 Å². The minimum atomic E-state index is 0.219. The van der Waals surface area contributed by atoms with Crippen LogP contribution >= 0.6 is 0 Å². The third-order valence-electron chi connectivity index (χ3n) is 4.19. The maximum Gasteiger partial charge on any atom is 0.149 e. The molecule has 4 heteroatoms. The summed E-state index contributed by atoms with van der Waals surface area (Å²) in [5.74, 6) is 1.57. The molecule has 0 aliphatic heterocycles. The fourth-order valence-corrected chi connectivity index (χ4v) is 2.85. The van der Waals surface area contributed by atoms with Crippen LogP contribution in [-0.4, -0.2) is 15.9 Å². The van der Waals surface area contributed by atoms with E-state index in [1.54, 1.807) is 0 Å². The van der Waals surface area contributed by atoms with Crippen LogP contribution in [0.1, 0.15) is 44.4 Å². The molecule has 2 aromatic rings. The van der Waals surface area contributed by atoms with Crippen molar-refractivity contribution >= 4 is 5.82 Å². The summed E-state index contributed by atoms with van der Waals surface area (Å²) < 4.78 is 7.90. The minimum absolute atomic E-state index is 0.219. The molecule has 0 fully saturated rings. The normalized spacial score (nSPS) is 15.5. The van der Waals surface area contributed by atoms with Crippen LogP contribution in [-0.2, 0) is 12.8 Å². The number of nitrogens with two attached hydrogens (primary N) is 1. The Morgan fingerprint density at radius 2 is 2.14 bits per heavy atom. The van der Waals surface area contributed by atoms with Crippen LogP contribution in [0.3, 0.4) is 0 Å². The number of aromatic nitrogens is 2. The van der Waals surface area contributed by atoms with Gasteiger partial charge in [-0.3, -0.25) is 0 Å². The minimum Gasteiger partial charge on any atom is -0.491 e. The largest absolute Gasteiger partial charge is 0.491 e. The molecular weight excluding hydrogens is 262 g/mol. The number of nitrogen functional groups attached to an aromatic ring is 1. The first-order chi connectivity index (χ1) is 10.2. The summed E-state index contributed by atoms with van der Waals surface area (Å²) in [5.41, 5.74) is 9.60. The SMILES string of the molecule is CCC(C)Oc1cccc(-n2nc(N)c3c2CCCC3)c1. The second kappa shape index (κ2) is 5.80. The Kier molecular flexibility index (Phi) is 3.86. The lowest BCUT2D eigenvalue weighted by atomic mass is 9.97. The van der Waals surface area contributed by atoms with Crippen molar-refractivity contribution in [3.8, 4) is 11.4 Å². The first kappa shape index (κ1) is 14.0. The standard InChI is InChI=1S/C17H23N3O/c1-3-12(2)21-14-8-6-7-13(11-14)20-16-10-5-4-9-15(16)17(18)19-20/h6-8,11-12H,3-5,9-10H2,1-2H3,(H2,18,19). The van der Waals surface area contributed by atoms with Crippen molar-refractivity contribution in [1.29, 1.82) is 0 Å². The summed E-state index contributed by atoms with van der Waals surface area (Å²) in [6.07, 6.45) is 5.73. The lowest BCUT2D eigenvalue weighted by Gasteiger charge is -2.16. The highest BCUT2D eigenvalue weighted by atomic mass is 16.5. The van der Waals surface area contributed by atoms with Gasteiger partial charge in [0, 0.05) is 17.3 Å². The Hall–Kier alpha value is -1.97. The monoisotopic (exact) mass is 285 g/mol. The van der Waals surface area contributed by atoms with Gasteiger partial charge in [0.2, 0.25) is 0 Å². The predicted molar refractivity (Wildman–Crippen MR) is 85.0 cm³/mol. The lowest BCUT2D eigenvalue weighted by molar-refractivity contribution is 0.217. The van der Waals surface area contributed by atoms with E-state index in [1.807, 2.05) is 22.9 Å². The second-order valence-corrected chi connectivity index (χ2v) is 5.76. The van der Waals surface area contributed by atoms with Crippen LogP contribution in [0.2, 0.25) is 0 Å². The Morgan fingerprint density at radius 1 is 1.33 bits per heavy atom. The Morgan fingerprint density at radius 3 is 2.95 bits per heavy atom. The van der Waals surface area contributed by atoms with Gasteiger partial charge in [-0.1, -0.05) is 13.0 Å². The smallest absolute Gasteiger partial charge is 0.149 e. The summed E-state index contributed by atoms with van der Waals surface area (Å²) in [6, 6.07) is 8.12. The van der Waals surface area contributed by atoms with E-state index < -0.39 is 0 Å². The van der Waals surface area contributed by atoms with Crippen molar-refractivity contribution in [2.24, 2.45) is 0 Å². The molecule has 1 aliphatic carbocycles. The number of hydrogen-bond donors (Lipinski definition) is 1. The number of rotatable bonds is 4. The number of fused-ring (bicyclic) bond motifs is 1. The average Bonchev–Trinajstić information content (AvgIpc) is 2.85. The lowest BCUT2D eigenvalue weighted by Crippen LogP contribution is -2.11. The predicted octanol–water partition coefficient (Wildman–Crippen LogP) is 3.51. The zero-order chi connectivity index (χ0) is 14.8. The Bertz CT molecular complexity index is 633. The zero-order valence-corrected chi connectivity index (χ0v) is 12.8. The van der Waals surface area contributed by atoms with E-state index >= 15 is 0 Å². The molecule has 1 aromatic carbocycles. The van der Waals surface area contributed by atoms with Crippen molar-refractivity contribution in [2.45, 2.75) is 52.1 Å². The number of nitrogens with zero attached hydrogens (tertiary/aromatic N) is 2. The molecule has 1 aliphatic rings. The highest BCUT2D eigenvalue weighted by Gasteiger charge is 2.20. The van der Waals surface area contributed by atoms with Crippen LogP contribution < -0.4 is 10.5 Å². The molecule has 3 rings (SSSR count). The Balaban J connectivity index is 1.95. The average molecular weight is 285 g/mol. The fourth-order valence-electron chi connectivity index (χ4n) is 2.85. The van der Waals surface area contributed by atoms with E-state index in [2.05, 4.69) is 25.0 Å². The molecule has 0 amide bonds. The van der Waals surface area contributed by atoms with Crippen molar-refractivity contribution < 1.29 is 4.74 Å². The fraction of sp³-hybridized carbons (Fsp3) is 0.471. The van der Waals surface area contributed by atoms with Crippen molar-refractivity contribution in [1.82, 2.24) is 9.78 Å². The summed E-state index contributed by atoms with van der Waals surface area (Å²) in [7, 11) is 0. The van der Waals surface area contributed by atoms with E-state index in [1.165, 1.54) is 24.1 Å². The zero-order valence-electron chi connectivity index (χ0n) is 12.8. The molecule has 112 valence electrons. The van der Waals surface area contributed by atoms with Gasteiger partial charge >= 0.3 is 0 Å². The molecule has 1 unspecified atom stereocenters. The maximum absolute atomic E-state index is 6.08. The molecular formula is C17H23N3O. The quantitative estimate of drug-likeness (QED) is 0.935. The molecule has 0 spiro atoms. The first-order valence-electron chi connectivity index (χ1n) is 7.82. The number of hydrogen-bond acceptors (Lipinski definition) is 3. The molecule has 2 N–H and O–H groups in total. The Labute approximate surface area is 125 Å². The van der Waals surface area contributed by atoms with Crippen LogP contribution in [0.5, 0.6) is 5.75 Å². The molecule has 1 atom stereocenters. The molecule has 0 bridgehead atoms. The number of anilines is 1. The van der Waals surface area contributed by atoms with Crippen molar-refractivity contribution in [3.63, 3.8) is 0 Å². The van der Waals surface area contributed by atoms with Gasteiger partial charge in [-0.15, -0.1) is 0 Å². The molecule has 1 aromatic heterocycles. The van der Waals surface area contributed by atoms with E-state index in [0.717, 1.165) is 30.7 Å². The molecule has 0 saturated carbocycles. The van der Waals surface area contributed by atoms with Crippen molar-refractivity contribution in [3.05, 3.63) is 35.5 Å². The molecule has 4 nitrogen and oxygen atoms in total. The van der Waals surface area contributed by atoms with E-state index in [-0.39, 0.29) is 6.10 Å². The van der Waals surface area contributed by atoms with Gasteiger partial charge in [0.05, 0.1) is 11.8 Å². The summed E-state index contributed by atoms with van der Waals surface area (Å²) in [4.78, 5) is 0. The van der Waals surface area contributed by atoms with Crippen LogP contribution in [0.15, 0.2) is 24.3 Å². The van der Waals surface area contributed by atoms with Gasteiger partial charge in [-0.2, -0.15) is 5.10 Å². The van der Waals surface area contributed by atoms with Gasteiger partial charge in [-0.05, 0) is 51.2 Å². The topological polar surface area (TPSA) is 53.1 Å². The molecule has 21 heavy (non-hydrogen) atoms.